The molecule has 2 N–H and O–H groups in total. The number of nitrogens with one attached hydrogen (secondary N) is 1. The summed E-state index contributed by atoms with van der Waals surface area (Å²) in [6.07, 6.45) is 1.55. The van der Waals surface area contributed by atoms with Gasteiger partial charge in [0.2, 0.25) is 0 Å². The second-order valence-electron chi connectivity index (χ2n) is 5.17. The molecule has 0 spiro atoms. The van der Waals surface area contributed by atoms with Crippen LogP contribution < -0.4 is 5.56 Å². The first-order valence-corrected chi connectivity index (χ1v) is 6.97. The molecule has 6 heteroatoms. The van der Waals surface area contributed by atoms with Crippen molar-refractivity contribution in [3.8, 4) is 5.69 Å². The Morgan fingerprint density at radius 2 is 1.78 bits per heavy atom. The second kappa shape index (κ2) is 4.81. The van der Waals surface area contributed by atoms with Gasteiger partial charge in [0.1, 0.15) is 0 Å². The quantitative estimate of drug-likeness (QED) is 0.596. The van der Waals surface area contributed by atoms with E-state index < -0.39 is 5.97 Å². The maximum atomic E-state index is 12.6. The average Bonchev–Trinajstić information content (AvgIpc) is 2.92. The fourth-order valence-electron chi connectivity index (χ4n) is 2.64. The number of aromatic carboxylic acids is 1. The first-order valence-electron chi connectivity index (χ1n) is 6.97. The van der Waals surface area contributed by atoms with E-state index in [2.05, 4.69) is 10.1 Å². The van der Waals surface area contributed by atoms with Crippen molar-refractivity contribution < 1.29 is 9.90 Å². The number of hydrogen-bond acceptors (Lipinski definition) is 3. The minimum absolute atomic E-state index is 0.171. The molecule has 4 aromatic rings. The second-order valence-corrected chi connectivity index (χ2v) is 5.17. The summed E-state index contributed by atoms with van der Waals surface area (Å²) < 4.78 is 1.39. The number of aromatic nitrogens is 3. The summed E-state index contributed by atoms with van der Waals surface area (Å²) in [6, 6.07) is 13.7. The number of carbonyl (C=O) groups is 1. The summed E-state index contributed by atoms with van der Waals surface area (Å²) in [5.41, 5.74) is 2.03. The Balaban J connectivity index is 1.97. The Morgan fingerprint density at radius 1 is 1.04 bits per heavy atom. The van der Waals surface area contributed by atoms with Crippen molar-refractivity contribution in [3.05, 3.63) is 70.6 Å². The van der Waals surface area contributed by atoms with Gasteiger partial charge in [-0.3, -0.25) is 14.9 Å². The van der Waals surface area contributed by atoms with Gasteiger partial charge in [0.25, 0.3) is 5.56 Å². The molecule has 0 radical (unpaired) electrons. The molecule has 2 aromatic carbocycles. The van der Waals surface area contributed by atoms with Gasteiger partial charge in [0, 0.05) is 11.6 Å². The van der Waals surface area contributed by atoms with Gasteiger partial charge < -0.3 is 5.11 Å². The molecule has 0 bridgehead atoms. The maximum absolute atomic E-state index is 12.6. The van der Waals surface area contributed by atoms with Gasteiger partial charge >= 0.3 is 5.97 Å². The molecule has 112 valence electrons. The molecule has 0 atom stereocenters. The zero-order valence-electron chi connectivity index (χ0n) is 11.9. The number of fused-ring (bicyclic) bond motifs is 3. The molecule has 2 aromatic heterocycles. The molecule has 2 heterocycles. The smallest absolute Gasteiger partial charge is 0.335 e. The highest BCUT2D eigenvalue weighted by atomic mass is 16.4. The SMILES string of the molecule is O=C(O)c1ccc(-n2[nH]c3c(cnc4ccccc43)c2=O)cc1. The molecule has 23 heavy (non-hydrogen) atoms. The van der Waals surface area contributed by atoms with E-state index in [4.69, 9.17) is 5.11 Å². The lowest BCUT2D eigenvalue weighted by Crippen LogP contribution is -2.14. The van der Waals surface area contributed by atoms with Crippen LogP contribution in [0.25, 0.3) is 27.5 Å². The Kier molecular flexibility index (Phi) is 2.77. The predicted octanol–water partition coefficient (Wildman–Crippen LogP) is 2.57. The summed E-state index contributed by atoms with van der Waals surface area (Å²) in [7, 11) is 0. The first kappa shape index (κ1) is 13.3. The standard InChI is InChI=1S/C17H11N3O3/c21-16-13-9-18-14-4-2-1-3-12(14)15(13)19-20(16)11-7-5-10(6-8-11)17(22)23/h1-9,19H,(H,22,23). The summed E-state index contributed by atoms with van der Waals surface area (Å²) in [4.78, 5) is 27.8. The van der Waals surface area contributed by atoms with Crippen molar-refractivity contribution in [2.75, 3.05) is 0 Å². The lowest BCUT2D eigenvalue weighted by Gasteiger charge is -2.02. The maximum Gasteiger partial charge on any atom is 0.335 e. The van der Waals surface area contributed by atoms with Gasteiger partial charge in [-0.2, -0.15) is 0 Å². The van der Waals surface area contributed by atoms with Crippen LogP contribution in [0.15, 0.2) is 59.5 Å². The number of aromatic amines is 1. The van der Waals surface area contributed by atoms with Crippen molar-refractivity contribution in [2.24, 2.45) is 0 Å². The predicted molar refractivity (Wildman–Crippen MR) is 86.2 cm³/mol. The number of nitrogens with zero attached hydrogens (tertiary/aromatic N) is 2. The van der Waals surface area contributed by atoms with Gasteiger partial charge in [-0.15, -0.1) is 0 Å². The molecule has 0 aliphatic carbocycles. The summed E-state index contributed by atoms with van der Waals surface area (Å²) in [5, 5.41) is 13.4. The Hall–Kier alpha value is -3.41. The van der Waals surface area contributed by atoms with Gasteiger partial charge in [-0.05, 0) is 30.3 Å². The number of benzene rings is 2. The molecule has 0 fully saturated rings. The molecule has 0 saturated carbocycles. The third-order valence-corrected chi connectivity index (χ3v) is 3.81. The van der Waals surface area contributed by atoms with Crippen LogP contribution in [0.5, 0.6) is 0 Å². The highest BCUT2D eigenvalue weighted by Crippen LogP contribution is 2.20. The summed E-state index contributed by atoms with van der Waals surface area (Å²) in [6.45, 7) is 0. The lowest BCUT2D eigenvalue weighted by atomic mass is 10.2. The topological polar surface area (TPSA) is 88.0 Å². The summed E-state index contributed by atoms with van der Waals surface area (Å²) in [5.74, 6) is -1.00. The van der Waals surface area contributed by atoms with Crippen LogP contribution in [-0.2, 0) is 0 Å². The minimum Gasteiger partial charge on any atom is -0.478 e. The van der Waals surface area contributed by atoms with Crippen molar-refractivity contribution in [1.29, 1.82) is 0 Å². The largest absolute Gasteiger partial charge is 0.478 e. The van der Waals surface area contributed by atoms with Crippen LogP contribution >= 0.6 is 0 Å². The zero-order valence-corrected chi connectivity index (χ0v) is 11.9. The van der Waals surface area contributed by atoms with Crippen LogP contribution in [0, 0.1) is 0 Å². The Bertz CT molecular complexity index is 1110. The number of carboxylic acids is 1. The van der Waals surface area contributed by atoms with Crippen molar-refractivity contribution in [3.63, 3.8) is 0 Å². The monoisotopic (exact) mass is 305 g/mol. The molecular formula is C17H11N3O3. The molecule has 0 unspecified atom stereocenters. The zero-order chi connectivity index (χ0) is 16.0. The summed E-state index contributed by atoms with van der Waals surface area (Å²) >= 11 is 0. The van der Waals surface area contributed by atoms with Crippen LogP contribution in [0.3, 0.4) is 0 Å². The third-order valence-electron chi connectivity index (χ3n) is 3.81. The van der Waals surface area contributed by atoms with Gasteiger partial charge in [-0.1, -0.05) is 18.2 Å². The molecular weight excluding hydrogens is 294 g/mol. The van der Waals surface area contributed by atoms with E-state index in [1.165, 1.54) is 16.8 Å². The third kappa shape index (κ3) is 2.00. The molecule has 0 aliphatic heterocycles. The van der Waals surface area contributed by atoms with Crippen molar-refractivity contribution in [1.82, 2.24) is 14.8 Å². The van der Waals surface area contributed by atoms with E-state index in [0.717, 1.165) is 10.9 Å². The molecule has 0 amide bonds. The van der Waals surface area contributed by atoms with E-state index in [1.807, 2.05) is 24.3 Å². The number of rotatable bonds is 2. The Morgan fingerprint density at radius 3 is 2.52 bits per heavy atom. The molecule has 0 aliphatic rings. The lowest BCUT2D eigenvalue weighted by molar-refractivity contribution is 0.0697. The number of H-pyrrole nitrogens is 1. The average molecular weight is 305 g/mol. The van der Waals surface area contributed by atoms with Crippen molar-refractivity contribution >= 4 is 27.8 Å². The molecule has 4 rings (SSSR count). The van der Waals surface area contributed by atoms with Gasteiger partial charge in [0.15, 0.2) is 0 Å². The normalized spacial score (nSPS) is 11.1. The van der Waals surface area contributed by atoms with Crippen LogP contribution in [0.2, 0.25) is 0 Å². The minimum atomic E-state index is -1.00. The van der Waals surface area contributed by atoms with E-state index in [9.17, 15) is 9.59 Å². The first-order chi connectivity index (χ1) is 11.1. The van der Waals surface area contributed by atoms with Crippen LogP contribution in [-0.4, -0.2) is 25.8 Å². The molecule has 6 nitrogen and oxygen atoms in total. The highest BCUT2D eigenvalue weighted by molar-refractivity contribution is 6.02. The number of pyridine rings is 1. The van der Waals surface area contributed by atoms with E-state index in [-0.39, 0.29) is 11.1 Å². The van der Waals surface area contributed by atoms with E-state index in [0.29, 0.717) is 16.6 Å². The van der Waals surface area contributed by atoms with Crippen LogP contribution in [0.1, 0.15) is 10.4 Å². The van der Waals surface area contributed by atoms with Gasteiger partial charge in [0.05, 0.1) is 27.7 Å². The fraction of sp³-hybridized carbons (Fsp3) is 0. The van der Waals surface area contributed by atoms with Crippen molar-refractivity contribution in [2.45, 2.75) is 0 Å². The van der Waals surface area contributed by atoms with E-state index >= 15 is 0 Å². The fourth-order valence-corrected chi connectivity index (χ4v) is 2.64. The molecule has 0 saturated heterocycles. The highest BCUT2D eigenvalue weighted by Gasteiger charge is 2.12. The number of carboxylic acid groups (broad SMARTS) is 1. The van der Waals surface area contributed by atoms with E-state index in [1.54, 1.807) is 18.3 Å². The van der Waals surface area contributed by atoms with Gasteiger partial charge in [-0.25, -0.2) is 9.48 Å². The number of para-hydroxylation sites is 1. The Labute approximate surface area is 129 Å². The number of hydrogen-bond donors (Lipinski definition) is 2. The van der Waals surface area contributed by atoms with Crippen LogP contribution in [0.4, 0.5) is 0 Å².